The first kappa shape index (κ1) is 14.1. The number of aryl methyl sites for hydroxylation is 2. The Labute approximate surface area is 125 Å². The molecule has 112 valence electrons. The number of nitrogens with one attached hydrogen (secondary N) is 1. The van der Waals surface area contributed by atoms with Crippen molar-refractivity contribution in [2.75, 3.05) is 0 Å². The molecule has 2 fully saturated rings. The van der Waals surface area contributed by atoms with E-state index in [0.29, 0.717) is 6.54 Å². The highest BCUT2D eigenvalue weighted by molar-refractivity contribution is 6.07. The molecule has 1 heterocycles. The summed E-state index contributed by atoms with van der Waals surface area (Å²) < 4.78 is 0. The topological polar surface area (TPSA) is 49.4 Å². The van der Waals surface area contributed by atoms with E-state index in [0.717, 1.165) is 48.8 Å². The molecule has 3 rings (SSSR count). The Morgan fingerprint density at radius 2 is 1.86 bits per heavy atom. The van der Waals surface area contributed by atoms with Crippen LogP contribution in [-0.4, -0.2) is 22.4 Å². The minimum Gasteiger partial charge on any atom is -0.323 e. The minimum absolute atomic E-state index is 0.0342. The van der Waals surface area contributed by atoms with Crippen LogP contribution in [0.4, 0.5) is 4.79 Å². The zero-order valence-electron chi connectivity index (χ0n) is 12.7. The number of carbonyl (C=O) groups is 2. The average molecular weight is 286 g/mol. The Balaban J connectivity index is 1.84. The highest BCUT2D eigenvalue weighted by Crippen LogP contribution is 2.34. The third-order valence-corrected chi connectivity index (χ3v) is 4.79. The lowest BCUT2D eigenvalue weighted by Crippen LogP contribution is -2.48. The van der Waals surface area contributed by atoms with Gasteiger partial charge in [-0.25, -0.2) is 4.79 Å². The normalized spacial score (nSPS) is 21.0. The predicted octanol–water partition coefficient (Wildman–Crippen LogP) is 3.06. The van der Waals surface area contributed by atoms with Gasteiger partial charge in [0, 0.05) is 0 Å². The lowest BCUT2D eigenvalue weighted by atomic mass is 9.81. The zero-order valence-corrected chi connectivity index (χ0v) is 12.7. The number of amides is 3. The van der Waals surface area contributed by atoms with E-state index in [1.807, 2.05) is 26.0 Å². The van der Waals surface area contributed by atoms with Gasteiger partial charge in [0.05, 0.1) is 6.54 Å². The lowest BCUT2D eigenvalue weighted by Gasteiger charge is -2.30. The molecule has 21 heavy (non-hydrogen) atoms. The molecule has 0 atom stereocenters. The Kier molecular flexibility index (Phi) is 3.47. The Morgan fingerprint density at radius 3 is 2.57 bits per heavy atom. The van der Waals surface area contributed by atoms with Crippen LogP contribution in [0.25, 0.3) is 0 Å². The summed E-state index contributed by atoms with van der Waals surface area (Å²) in [6.07, 6.45) is 4.75. The standard InChI is InChI=1S/C17H22N2O2/c1-12-6-7-13(2)14(10-12)11-19-15(20)17(18-16(19)21)8-4-3-5-9-17/h6-7,10H,3-5,8-9,11H2,1-2H3,(H,18,21). The van der Waals surface area contributed by atoms with E-state index < -0.39 is 5.54 Å². The van der Waals surface area contributed by atoms with Gasteiger partial charge < -0.3 is 5.32 Å². The maximum atomic E-state index is 12.7. The van der Waals surface area contributed by atoms with Crippen LogP contribution in [0.15, 0.2) is 18.2 Å². The Hall–Kier alpha value is -1.84. The second kappa shape index (κ2) is 5.17. The molecule has 1 aromatic carbocycles. The van der Waals surface area contributed by atoms with Crippen LogP contribution in [0.5, 0.6) is 0 Å². The van der Waals surface area contributed by atoms with E-state index in [4.69, 9.17) is 0 Å². The van der Waals surface area contributed by atoms with Gasteiger partial charge in [0.1, 0.15) is 5.54 Å². The molecular formula is C17H22N2O2. The molecule has 3 amide bonds. The van der Waals surface area contributed by atoms with E-state index in [9.17, 15) is 9.59 Å². The second-order valence-corrected chi connectivity index (χ2v) is 6.39. The number of nitrogens with zero attached hydrogens (tertiary/aromatic N) is 1. The van der Waals surface area contributed by atoms with Crippen LogP contribution < -0.4 is 5.32 Å². The maximum absolute atomic E-state index is 12.7. The van der Waals surface area contributed by atoms with E-state index in [-0.39, 0.29) is 11.9 Å². The Bertz CT molecular complexity index is 588. The van der Waals surface area contributed by atoms with Crippen LogP contribution >= 0.6 is 0 Å². The summed E-state index contributed by atoms with van der Waals surface area (Å²) in [6.45, 7) is 4.42. The predicted molar refractivity (Wildman–Crippen MR) is 80.8 cm³/mol. The molecule has 1 saturated carbocycles. The molecule has 1 spiro atoms. The van der Waals surface area contributed by atoms with Gasteiger partial charge in [0.2, 0.25) is 0 Å². The van der Waals surface area contributed by atoms with Crippen LogP contribution in [0.3, 0.4) is 0 Å². The van der Waals surface area contributed by atoms with Gasteiger partial charge in [0.15, 0.2) is 0 Å². The minimum atomic E-state index is -0.618. The zero-order chi connectivity index (χ0) is 15.0. The smallest absolute Gasteiger partial charge is 0.323 e. The van der Waals surface area contributed by atoms with Crippen LogP contribution in [0.1, 0.15) is 48.8 Å². The molecule has 1 saturated heterocycles. The molecule has 4 heteroatoms. The summed E-state index contributed by atoms with van der Waals surface area (Å²) in [5.74, 6) is -0.0342. The van der Waals surface area contributed by atoms with Crippen molar-refractivity contribution in [1.29, 1.82) is 0 Å². The van der Waals surface area contributed by atoms with Gasteiger partial charge in [-0.1, -0.05) is 43.0 Å². The number of imide groups is 1. The SMILES string of the molecule is Cc1ccc(C)c(CN2C(=O)NC3(CCCCC3)C2=O)c1. The number of carbonyl (C=O) groups excluding carboxylic acids is 2. The molecule has 1 aliphatic heterocycles. The number of rotatable bonds is 2. The quantitative estimate of drug-likeness (QED) is 0.849. The van der Waals surface area contributed by atoms with Crippen molar-refractivity contribution in [3.8, 4) is 0 Å². The number of benzene rings is 1. The maximum Gasteiger partial charge on any atom is 0.325 e. The second-order valence-electron chi connectivity index (χ2n) is 6.39. The van der Waals surface area contributed by atoms with Crippen molar-refractivity contribution >= 4 is 11.9 Å². The highest BCUT2D eigenvalue weighted by Gasteiger charge is 2.51. The number of urea groups is 1. The van der Waals surface area contributed by atoms with Crippen molar-refractivity contribution < 1.29 is 9.59 Å². The summed E-state index contributed by atoms with van der Waals surface area (Å²) in [7, 11) is 0. The third-order valence-electron chi connectivity index (χ3n) is 4.79. The van der Waals surface area contributed by atoms with E-state index in [1.165, 1.54) is 4.90 Å². The van der Waals surface area contributed by atoms with E-state index >= 15 is 0 Å². The fourth-order valence-corrected chi connectivity index (χ4v) is 3.45. The molecule has 1 N–H and O–H groups in total. The van der Waals surface area contributed by atoms with Gasteiger partial charge in [-0.05, 0) is 37.8 Å². The van der Waals surface area contributed by atoms with Gasteiger partial charge >= 0.3 is 6.03 Å². The molecular weight excluding hydrogens is 264 g/mol. The lowest BCUT2D eigenvalue weighted by molar-refractivity contribution is -0.132. The summed E-state index contributed by atoms with van der Waals surface area (Å²) >= 11 is 0. The molecule has 1 aliphatic carbocycles. The van der Waals surface area contributed by atoms with Gasteiger partial charge in [-0.2, -0.15) is 0 Å². The van der Waals surface area contributed by atoms with Crippen molar-refractivity contribution in [1.82, 2.24) is 10.2 Å². The van der Waals surface area contributed by atoms with Crippen LogP contribution in [0, 0.1) is 13.8 Å². The fraction of sp³-hybridized carbons (Fsp3) is 0.529. The first-order chi connectivity index (χ1) is 10.0. The van der Waals surface area contributed by atoms with Crippen molar-refractivity contribution in [2.45, 2.75) is 58.0 Å². The summed E-state index contributed by atoms with van der Waals surface area (Å²) in [4.78, 5) is 26.4. The van der Waals surface area contributed by atoms with Gasteiger partial charge in [0.25, 0.3) is 5.91 Å². The molecule has 0 radical (unpaired) electrons. The molecule has 1 aromatic rings. The van der Waals surface area contributed by atoms with Gasteiger partial charge in [-0.15, -0.1) is 0 Å². The number of hydrogen-bond donors (Lipinski definition) is 1. The Morgan fingerprint density at radius 1 is 1.14 bits per heavy atom. The molecule has 0 bridgehead atoms. The molecule has 4 nitrogen and oxygen atoms in total. The largest absolute Gasteiger partial charge is 0.325 e. The monoisotopic (exact) mass is 286 g/mol. The van der Waals surface area contributed by atoms with E-state index in [1.54, 1.807) is 0 Å². The third kappa shape index (κ3) is 2.43. The van der Waals surface area contributed by atoms with Gasteiger partial charge in [-0.3, -0.25) is 9.69 Å². The summed E-state index contributed by atoms with van der Waals surface area (Å²) in [5.41, 5.74) is 2.69. The van der Waals surface area contributed by atoms with Crippen LogP contribution in [0.2, 0.25) is 0 Å². The van der Waals surface area contributed by atoms with Crippen molar-refractivity contribution in [3.63, 3.8) is 0 Å². The summed E-state index contributed by atoms with van der Waals surface area (Å²) in [5, 5.41) is 2.96. The van der Waals surface area contributed by atoms with Crippen molar-refractivity contribution in [3.05, 3.63) is 34.9 Å². The van der Waals surface area contributed by atoms with Crippen molar-refractivity contribution in [2.24, 2.45) is 0 Å². The van der Waals surface area contributed by atoms with Crippen LogP contribution in [-0.2, 0) is 11.3 Å². The van der Waals surface area contributed by atoms with E-state index in [2.05, 4.69) is 11.4 Å². The number of hydrogen-bond acceptors (Lipinski definition) is 2. The summed E-state index contributed by atoms with van der Waals surface area (Å²) in [6, 6.07) is 5.91. The molecule has 0 aromatic heterocycles. The first-order valence-corrected chi connectivity index (χ1v) is 7.72. The molecule has 0 unspecified atom stereocenters. The first-order valence-electron chi connectivity index (χ1n) is 7.72. The molecule has 2 aliphatic rings. The average Bonchev–Trinajstić information content (AvgIpc) is 2.68. The highest BCUT2D eigenvalue weighted by atomic mass is 16.2. The fourth-order valence-electron chi connectivity index (χ4n) is 3.45.